The standard InChI is InChI=1S/C51H84O6/c1-4-7-10-13-16-18-20-22-24-25-26-27-28-30-31-33-35-38-41-44-50(53)56-47-48(46-55-49(52)43-40-37-15-12-9-6-3)57-51(54)45-42-39-36-34-32-29-23-21-19-17-14-11-8-5-2/h7,10,16,18,21-24,26-27,30-31,35,38,48H,4-6,8-9,11-15,17,19-20,25,28-29,32-34,36-37,39-47H2,1-3H3/b10-7-,18-16-,23-21-,24-22-,27-26-,31-30-,38-35-. The summed E-state index contributed by atoms with van der Waals surface area (Å²) in [5, 5.41) is 0. The summed E-state index contributed by atoms with van der Waals surface area (Å²) in [7, 11) is 0. The lowest BCUT2D eigenvalue weighted by atomic mass is 10.1. The Hall–Kier alpha value is -3.41. The Labute approximate surface area is 350 Å². The predicted molar refractivity (Wildman–Crippen MR) is 242 cm³/mol. The van der Waals surface area contributed by atoms with Gasteiger partial charge in [-0.05, 0) is 83.5 Å². The minimum Gasteiger partial charge on any atom is -0.462 e. The summed E-state index contributed by atoms with van der Waals surface area (Å²) in [6.07, 6.45) is 57.4. The summed E-state index contributed by atoms with van der Waals surface area (Å²) >= 11 is 0. The van der Waals surface area contributed by atoms with Gasteiger partial charge in [0.25, 0.3) is 0 Å². The lowest BCUT2D eigenvalue weighted by Crippen LogP contribution is -2.30. The van der Waals surface area contributed by atoms with Crippen LogP contribution in [0.4, 0.5) is 0 Å². The zero-order valence-corrected chi connectivity index (χ0v) is 36.8. The van der Waals surface area contributed by atoms with Crippen molar-refractivity contribution in [3.8, 4) is 0 Å². The van der Waals surface area contributed by atoms with Crippen LogP contribution < -0.4 is 0 Å². The van der Waals surface area contributed by atoms with Crippen LogP contribution in [0.1, 0.15) is 201 Å². The van der Waals surface area contributed by atoms with Crippen molar-refractivity contribution >= 4 is 17.9 Å². The van der Waals surface area contributed by atoms with Crippen LogP contribution in [0.3, 0.4) is 0 Å². The van der Waals surface area contributed by atoms with Crippen molar-refractivity contribution in [3.63, 3.8) is 0 Å². The van der Waals surface area contributed by atoms with E-state index in [4.69, 9.17) is 14.2 Å². The van der Waals surface area contributed by atoms with Crippen molar-refractivity contribution < 1.29 is 28.6 Å². The molecule has 0 rings (SSSR count). The van der Waals surface area contributed by atoms with E-state index in [0.717, 1.165) is 89.9 Å². The van der Waals surface area contributed by atoms with Crippen LogP contribution in [0.2, 0.25) is 0 Å². The maximum Gasteiger partial charge on any atom is 0.306 e. The number of carbonyl (C=O) groups excluding carboxylic acids is 3. The molecule has 0 fully saturated rings. The number of allylic oxidation sites excluding steroid dienone is 14. The molecule has 0 spiro atoms. The zero-order chi connectivity index (χ0) is 41.5. The predicted octanol–water partition coefficient (Wildman–Crippen LogP) is 14.9. The number of esters is 3. The molecule has 0 bridgehead atoms. The summed E-state index contributed by atoms with van der Waals surface area (Å²) in [5.41, 5.74) is 0. The van der Waals surface area contributed by atoms with Crippen molar-refractivity contribution in [1.82, 2.24) is 0 Å². The molecule has 6 heteroatoms. The van der Waals surface area contributed by atoms with E-state index in [1.54, 1.807) is 0 Å². The SMILES string of the molecule is CC/C=C\C/C=C\C/C=C\C/C=C\C/C=C\C/C=C\CCC(=O)OCC(COC(=O)CCCCCCCC)OC(=O)CCCCCCC/C=C\CCCCCCC. The van der Waals surface area contributed by atoms with Gasteiger partial charge in [0.1, 0.15) is 13.2 Å². The molecule has 0 saturated heterocycles. The minimum absolute atomic E-state index is 0.104. The molecular weight excluding hydrogens is 709 g/mol. The molecular formula is C51H84O6. The van der Waals surface area contributed by atoms with Gasteiger partial charge in [-0.25, -0.2) is 0 Å². The number of rotatable bonds is 40. The molecule has 1 atom stereocenters. The van der Waals surface area contributed by atoms with Gasteiger partial charge in [0.05, 0.1) is 0 Å². The molecule has 0 aromatic carbocycles. The van der Waals surface area contributed by atoms with E-state index in [0.29, 0.717) is 19.3 Å². The molecule has 0 radical (unpaired) electrons. The first-order valence-corrected chi connectivity index (χ1v) is 23.1. The van der Waals surface area contributed by atoms with Crippen LogP contribution in [0, 0.1) is 0 Å². The van der Waals surface area contributed by atoms with E-state index in [-0.39, 0.29) is 37.5 Å². The van der Waals surface area contributed by atoms with Crippen molar-refractivity contribution in [3.05, 3.63) is 85.1 Å². The molecule has 0 aliphatic heterocycles. The summed E-state index contributed by atoms with van der Waals surface area (Å²) < 4.78 is 16.6. The van der Waals surface area contributed by atoms with Gasteiger partial charge in [-0.3, -0.25) is 14.4 Å². The molecule has 0 heterocycles. The summed E-state index contributed by atoms with van der Waals surface area (Å²) in [5.74, 6) is -1.02. The number of carbonyl (C=O) groups is 3. The fourth-order valence-electron chi connectivity index (χ4n) is 5.93. The van der Waals surface area contributed by atoms with Gasteiger partial charge in [0.2, 0.25) is 0 Å². The van der Waals surface area contributed by atoms with Gasteiger partial charge in [0.15, 0.2) is 6.10 Å². The third-order valence-corrected chi connectivity index (χ3v) is 9.40. The van der Waals surface area contributed by atoms with Crippen LogP contribution in [0.15, 0.2) is 85.1 Å². The maximum absolute atomic E-state index is 12.7. The third-order valence-electron chi connectivity index (χ3n) is 9.40. The molecule has 57 heavy (non-hydrogen) atoms. The molecule has 324 valence electrons. The van der Waals surface area contributed by atoms with Crippen LogP contribution >= 0.6 is 0 Å². The summed E-state index contributed by atoms with van der Waals surface area (Å²) in [6.45, 7) is 6.36. The Morgan fingerprint density at radius 3 is 1.18 bits per heavy atom. The lowest BCUT2D eigenvalue weighted by molar-refractivity contribution is -0.166. The minimum atomic E-state index is -0.806. The number of hydrogen-bond acceptors (Lipinski definition) is 6. The molecule has 6 nitrogen and oxygen atoms in total. The zero-order valence-electron chi connectivity index (χ0n) is 36.8. The Balaban J connectivity index is 4.41. The second-order valence-corrected chi connectivity index (χ2v) is 14.9. The molecule has 0 N–H and O–H groups in total. The largest absolute Gasteiger partial charge is 0.462 e. The van der Waals surface area contributed by atoms with Crippen LogP contribution in [-0.2, 0) is 28.6 Å². The number of ether oxygens (including phenoxy) is 3. The topological polar surface area (TPSA) is 78.9 Å². The van der Waals surface area contributed by atoms with E-state index in [2.05, 4.69) is 93.7 Å². The van der Waals surface area contributed by atoms with Gasteiger partial charge in [-0.15, -0.1) is 0 Å². The molecule has 0 aromatic rings. The first-order valence-electron chi connectivity index (χ1n) is 23.1. The van der Waals surface area contributed by atoms with Gasteiger partial charge in [-0.2, -0.15) is 0 Å². The van der Waals surface area contributed by atoms with E-state index < -0.39 is 6.10 Å². The van der Waals surface area contributed by atoms with Gasteiger partial charge in [-0.1, -0.05) is 183 Å². The molecule has 0 aliphatic rings. The van der Waals surface area contributed by atoms with Gasteiger partial charge >= 0.3 is 17.9 Å². The van der Waals surface area contributed by atoms with Gasteiger partial charge < -0.3 is 14.2 Å². The lowest BCUT2D eigenvalue weighted by Gasteiger charge is -2.18. The third kappa shape index (κ3) is 43.6. The smallest absolute Gasteiger partial charge is 0.306 e. The van der Waals surface area contributed by atoms with Crippen molar-refractivity contribution in [2.24, 2.45) is 0 Å². The quantitative estimate of drug-likeness (QED) is 0.0266. The van der Waals surface area contributed by atoms with E-state index in [1.807, 2.05) is 12.2 Å². The first-order chi connectivity index (χ1) is 28.0. The van der Waals surface area contributed by atoms with E-state index in [1.165, 1.54) is 64.2 Å². The van der Waals surface area contributed by atoms with E-state index >= 15 is 0 Å². The highest BCUT2D eigenvalue weighted by molar-refractivity contribution is 5.71. The second-order valence-electron chi connectivity index (χ2n) is 14.9. The van der Waals surface area contributed by atoms with Crippen LogP contribution in [0.25, 0.3) is 0 Å². The highest BCUT2D eigenvalue weighted by Gasteiger charge is 2.19. The maximum atomic E-state index is 12.7. The van der Waals surface area contributed by atoms with E-state index in [9.17, 15) is 14.4 Å². The van der Waals surface area contributed by atoms with Gasteiger partial charge in [0, 0.05) is 19.3 Å². The van der Waals surface area contributed by atoms with Crippen molar-refractivity contribution in [2.75, 3.05) is 13.2 Å². The molecule has 0 saturated carbocycles. The highest BCUT2D eigenvalue weighted by Crippen LogP contribution is 2.12. The molecule has 0 amide bonds. The Bertz CT molecular complexity index is 1140. The van der Waals surface area contributed by atoms with Crippen LogP contribution in [0.5, 0.6) is 0 Å². The number of hydrogen-bond donors (Lipinski definition) is 0. The fraction of sp³-hybridized carbons (Fsp3) is 0.667. The normalized spacial score (nSPS) is 12.8. The fourth-order valence-corrected chi connectivity index (χ4v) is 5.93. The van der Waals surface area contributed by atoms with Crippen molar-refractivity contribution in [2.45, 2.75) is 207 Å². The summed E-state index contributed by atoms with van der Waals surface area (Å²) in [6, 6.07) is 0. The molecule has 1 unspecified atom stereocenters. The molecule has 0 aromatic heterocycles. The first kappa shape index (κ1) is 53.6. The van der Waals surface area contributed by atoms with Crippen LogP contribution in [-0.4, -0.2) is 37.2 Å². The Kier molecular flexibility index (Phi) is 42.6. The monoisotopic (exact) mass is 793 g/mol. The average Bonchev–Trinajstić information content (AvgIpc) is 3.21. The molecule has 0 aliphatic carbocycles. The summed E-state index contributed by atoms with van der Waals surface area (Å²) in [4.78, 5) is 37.5. The highest BCUT2D eigenvalue weighted by atomic mass is 16.6. The Morgan fingerprint density at radius 2 is 0.719 bits per heavy atom. The van der Waals surface area contributed by atoms with Crippen molar-refractivity contribution in [1.29, 1.82) is 0 Å². The average molecular weight is 793 g/mol. The Morgan fingerprint density at radius 1 is 0.368 bits per heavy atom. The second kappa shape index (κ2) is 45.3. The number of unbranched alkanes of at least 4 members (excludes halogenated alkanes) is 15.